The van der Waals surface area contributed by atoms with Crippen molar-refractivity contribution in [1.82, 2.24) is 9.78 Å². The molecule has 1 amide bonds. The van der Waals surface area contributed by atoms with Gasteiger partial charge in [-0.15, -0.1) is 23.5 Å². The first-order valence-electron chi connectivity index (χ1n) is 8.99. The zero-order chi connectivity index (χ0) is 19.7. The van der Waals surface area contributed by atoms with Gasteiger partial charge in [-0.2, -0.15) is 5.10 Å². The van der Waals surface area contributed by atoms with Crippen molar-refractivity contribution in [2.75, 3.05) is 16.8 Å². The summed E-state index contributed by atoms with van der Waals surface area (Å²) in [5.41, 5.74) is 4.62. The molecule has 1 saturated heterocycles. The highest BCUT2D eigenvalue weighted by Gasteiger charge is 2.21. The Morgan fingerprint density at radius 1 is 1.14 bits per heavy atom. The molecule has 0 atom stereocenters. The summed E-state index contributed by atoms with van der Waals surface area (Å²) in [4.78, 5) is 13.0. The topological polar surface area (TPSA) is 46.9 Å². The van der Waals surface area contributed by atoms with Gasteiger partial charge >= 0.3 is 0 Å². The number of carbonyl (C=O) groups excluding carboxylic acids is 1. The fourth-order valence-electron chi connectivity index (χ4n) is 3.31. The minimum Gasteiger partial charge on any atom is -0.322 e. The van der Waals surface area contributed by atoms with Crippen molar-refractivity contribution in [2.24, 2.45) is 0 Å². The lowest BCUT2D eigenvalue weighted by Crippen LogP contribution is -2.14. The van der Waals surface area contributed by atoms with E-state index in [0.29, 0.717) is 15.8 Å². The maximum Gasteiger partial charge on any atom is 0.259 e. The van der Waals surface area contributed by atoms with Crippen LogP contribution in [0.4, 0.5) is 10.1 Å². The molecule has 1 aromatic heterocycles. The van der Waals surface area contributed by atoms with Crippen LogP contribution in [0.25, 0.3) is 5.69 Å². The van der Waals surface area contributed by atoms with Gasteiger partial charge in [0.2, 0.25) is 0 Å². The first-order chi connectivity index (χ1) is 13.5. The number of nitrogens with one attached hydrogen (secondary N) is 1. The Bertz CT molecular complexity index is 1010. The summed E-state index contributed by atoms with van der Waals surface area (Å²) < 4.78 is 15.3. The normalized spacial score (nSPS) is 14.4. The number of halogens is 1. The van der Waals surface area contributed by atoms with Crippen LogP contribution < -0.4 is 5.32 Å². The van der Waals surface area contributed by atoms with E-state index >= 15 is 0 Å². The average Bonchev–Trinajstić information content (AvgIpc) is 3.31. The van der Waals surface area contributed by atoms with Gasteiger partial charge in [0.15, 0.2) is 0 Å². The predicted octanol–water partition coefficient (Wildman–Crippen LogP) is 5.36. The fourth-order valence-corrected chi connectivity index (χ4v) is 6.15. The highest BCUT2D eigenvalue weighted by Crippen LogP contribution is 2.45. The minimum absolute atomic E-state index is 0.188. The van der Waals surface area contributed by atoms with Crippen LogP contribution in [0, 0.1) is 19.7 Å². The molecule has 2 heterocycles. The lowest BCUT2D eigenvalue weighted by Gasteiger charge is -2.11. The van der Waals surface area contributed by atoms with Gasteiger partial charge in [0.25, 0.3) is 5.91 Å². The summed E-state index contributed by atoms with van der Waals surface area (Å²) in [6.07, 6.45) is 0. The van der Waals surface area contributed by atoms with E-state index in [2.05, 4.69) is 16.5 Å². The van der Waals surface area contributed by atoms with Crippen LogP contribution in [0.5, 0.6) is 0 Å². The first kappa shape index (κ1) is 19.1. The quantitative estimate of drug-likeness (QED) is 0.626. The standard InChI is InChI=1S/C21H20FN3OS2/c1-13-19(14(2)25(24-13)18-8-6-16(22)7-9-18)20(26)23-17-5-3-4-15(12-17)21-27-10-11-28-21/h3-9,12,21H,10-11H2,1-2H3,(H,23,26). The highest BCUT2D eigenvalue weighted by molar-refractivity contribution is 8.19. The second-order valence-electron chi connectivity index (χ2n) is 6.59. The van der Waals surface area contributed by atoms with Crippen molar-refractivity contribution in [1.29, 1.82) is 0 Å². The molecular weight excluding hydrogens is 393 g/mol. The van der Waals surface area contributed by atoms with Gasteiger partial charge in [0, 0.05) is 17.2 Å². The lowest BCUT2D eigenvalue weighted by atomic mass is 10.1. The molecule has 1 aliphatic heterocycles. The van der Waals surface area contributed by atoms with Crippen LogP contribution in [0.2, 0.25) is 0 Å². The highest BCUT2D eigenvalue weighted by atomic mass is 32.2. The van der Waals surface area contributed by atoms with Crippen molar-refractivity contribution in [3.05, 3.63) is 76.9 Å². The first-order valence-corrected chi connectivity index (χ1v) is 11.1. The van der Waals surface area contributed by atoms with Crippen LogP contribution in [-0.2, 0) is 0 Å². The third kappa shape index (κ3) is 3.82. The number of carbonyl (C=O) groups is 1. The third-order valence-electron chi connectivity index (χ3n) is 4.63. The monoisotopic (exact) mass is 413 g/mol. The SMILES string of the molecule is Cc1nn(-c2ccc(F)cc2)c(C)c1C(=O)Nc1cccc(C2SCCS2)c1. The number of hydrogen-bond donors (Lipinski definition) is 1. The maximum atomic E-state index is 13.2. The predicted molar refractivity (Wildman–Crippen MR) is 115 cm³/mol. The largest absolute Gasteiger partial charge is 0.322 e. The molecule has 0 spiro atoms. The molecule has 28 heavy (non-hydrogen) atoms. The van der Waals surface area contributed by atoms with Gasteiger partial charge < -0.3 is 5.32 Å². The Morgan fingerprint density at radius 2 is 1.86 bits per heavy atom. The molecule has 0 unspecified atom stereocenters. The zero-order valence-electron chi connectivity index (χ0n) is 15.6. The van der Waals surface area contributed by atoms with Crippen LogP contribution >= 0.6 is 23.5 Å². The smallest absolute Gasteiger partial charge is 0.259 e. The fraction of sp³-hybridized carbons (Fsp3) is 0.238. The number of anilines is 1. The summed E-state index contributed by atoms with van der Waals surface area (Å²) in [5.74, 6) is 1.83. The van der Waals surface area contributed by atoms with E-state index in [1.807, 2.05) is 55.6 Å². The van der Waals surface area contributed by atoms with Gasteiger partial charge in [-0.1, -0.05) is 12.1 Å². The zero-order valence-corrected chi connectivity index (χ0v) is 17.2. The number of nitrogens with zero attached hydrogens (tertiary/aromatic N) is 2. The molecule has 7 heteroatoms. The van der Waals surface area contributed by atoms with E-state index in [9.17, 15) is 9.18 Å². The van der Waals surface area contributed by atoms with Crippen LogP contribution in [0.1, 0.15) is 31.9 Å². The second-order valence-corrected chi connectivity index (χ2v) is 9.31. The maximum absolute atomic E-state index is 13.2. The Kier molecular flexibility index (Phi) is 5.46. The number of benzene rings is 2. The molecule has 1 aliphatic rings. The summed E-state index contributed by atoms with van der Waals surface area (Å²) in [6, 6.07) is 14.1. The molecule has 0 radical (unpaired) electrons. The van der Waals surface area contributed by atoms with Crippen molar-refractivity contribution in [2.45, 2.75) is 18.4 Å². The average molecular weight is 414 g/mol. The van der Waals surface area contributed by atoms with E-state index in [4.69, 9.17) is 0 Å². The van der Waals surface area contributed by atoms with E-state index in [1.54, 1.807) is 16.8 Å². The summed E-state index contributed by atoms with van der Waals surface area (Å²) in [6.45, 7) is 3.66. The summed E-state index contributed by atoms with van der Waals surface area (Å²) >= 11 is 3.87. The van der Waals surface area contributed by atoms with Gasteiger partial charge in [0.05, 0.1) is 27.2 Å². The molecular formula is C21H20FN3OS2. The Labute approximate surface area is 171 Å². The van der Waals surface area contributed by atoms with Gasteiger partial charge in [0.1, 0.15) is 5.82 Å². The summed E-state index contributed by atoms with van der Waals surface area (Å²) in [5, 5.41) is 7.49. The molecule has 0 saturated carbocycles. The second kappa shape index (κ2) is 8.01. The van der Waals surface area contributed by atoms with Crippen molar-refractivity contribution >= 4 is 35.1 Å². The van der Waals surface area contributed by atoms with E-state index in [-0.39, 0.29) is 11.7 Å². The molecule has 1 fully saturated rings. The molecule has 4 rings (SSSR count). The number of aromatic nitrogens is 2. The van der Waals surface area contributed by atoms with Crippen LogP contribution in [-0.4, -0.2) is 27.2 Å². The molecule has 3 aromatic rings. The molecule has 144 valence electrons. The molecule has 4 nitrogen and oxygen atoms in total. The van der Waals surface area contributed by atoms with Crippen LogP contribution in [0.3, 0.4) is 0 Å². The Balaban J connectivity index is 1.59. The summed E-state index contributed by atoms with van der Waals surface area (Å²) in [7, 11) is 0. The Hall–Kier alpha value is -2.25. The number of thioether (sulfide) groups is 2. The number of aryl methyl sites for hydroxylation is 1. The molecule has 1 N–H and O–H groups in total. The van der Waals surface area contributed by atoms with Crippen molar-refractivity contribution in [3.8, 4) is 5.69 Å². The van der Waals surface area contributed by atoms with Gasteiger partial charge in [-0.05, 0) is 55.8 Å². The van der Waals surface area contributed by atoms with Gasteiger partial charge in [-0.25, -0.2) is 9.07 Å². The third-order valence-corrected chi connectivity index (χ3v) is 7.73. The van der Waals surface area contributed by atoms with Crippen LogP contribution in [0.15, 0.2) is 48.5 Å². The Morgan fingerprint density at radius 3 is 2.57 bits per heavy atom. The number of hydrogen-bond acceptors (Lipinski definition) is 4. The van der Waals surface area contributed by atoms with Crippen molar-refractivity contribution < 1.29 is 9.18 Å². The van der Waals surface area contributed by atoms with E-state index < -0.39 is 0 Å². The van der Waals surface area contributed by atoms with E-state index in [1.165, 1.54) is 17.7 Å². The van der Waals surface area contributed by atoms with Crippen molar-refractivity contribution in [3.63, 3.8) is 0 Å². The molecule has 0 aliphatic carbocycles. The molecule has 2 aromatic carbocycles. The minimum atomic E-state index is -0.304. The van der Waals surface area contributed by atoms with Gasteiger partial charge in [-0.3, -0.25) is 4.79 Å². The number of amides is 1. The number of rotatable bonds is 4. The van der Waals surface area contributed by atoms with E-state index in [0.717, 1.165) is 28.6 Å². The molecule has 0 bridgehead atoms. The lowest BCUT2D eigenvalue weighted by molar-refractivity contribution is 0.102.